The number of hydrogen-bond acceptors (Lipinski definition) is 1. The van der Waals surface area contributed by atoms with Crippen molar-refractivity contribution in [2.75, 3.05) is 0 Å². The van der Waals surface area contributed by atoms with Gasteiger partial charge >= 0.3 is 0 Å². The van der Waals surface area contributed by atoms with Crippen LogP contribution >= 0.6 is 0 Å². The summed E-state index contributed by atoms with van der Waals surface area (Å²) in [6, 6.07) is 5.48. The zero-order chi connectivity index (χ0) is 11.9. The highest BCUT2D eigenvalue weighted by molar-refractivity contribution is 5.46. The highest BCUT2D eigenvalue weighted by atomic mass is 19.1. The second kappa shape index (κ2) is 3.59. The fourth-order valence-corrected chi connectivity index (χ4v) is 1.99. The molecule has 0 atom stereocenters. The minimum absolute atomic E-state index is 0.173. The van der Waals surface area contributed by atoms with E-state index >= 15 is 0 Å². The van der Waals surface area contributed by atoms with Gasteiger partial charge in [-0.15, -0.1) is 0 Å². The van der Waals surface area contributed by atoms with Gasteiger partial charge in [0, 0.05) is 0 Å². The Kier molecular flexibility index (Phi) is 2.50. The van der Waals surface area contributed by atoms with Crippen LogP contribution in [0.1, 0.15) is 56.2 Å². The lowest BCUT2D eigenvalue weighted by molar-refractivity contribution is 0.521. The van der Waals surface area contributed by atoms with Crippen LogP contribution in [-0.2, 0) is 5.41 Å². The van der Waals surface area contributed by atoms with Crippen molar-refractivity contribution < 1.29 is 4.39 Å². The van der Waals surface area contributed by atoms with E-state index in [4.69, 9.17) is 5.26 Å². The van der Waals surface area contributed by atoms with Gasteiger partial charge in [0.25, 0.3) is 0 Å². The second-order valence-corrected chi connectivity index (χ2v) is 5.56. The zero-order valence-electron chi connectivity index (χ0n) is 9.97. The Morgan fingerprint density at radius 1 is 1.31 bits per heavy atom. The molecule has 0 heterocycles. The van der Waals surface area contributed by atoms with Crippen molar-refractivity contribution >= 4 is 0 Å². The monoisotopic (exact) mass is 217 g/mol. The highest BCUT2D eigenvalue weighted by Crippen LogP contribution is 2.43. The average Bonchev–Trinajstić information content (AvgIpc) is 2.98. The Labute approximate surface area is 95.9 Å². The summed E-state index contributed by atoms with van der Waals surface area (Å²) in [6.45, 7) is 5.89. The molecule has 16 heavy (non-hydrogen) atoms. The maximum absolute atomic E-state index is 13.9. The van der Waals surface area contributed by atoms with Crippen molar-refractivity contribution in [3.63, 3.8) is 0 Å². The number of rotatable bonds is 1. The van der Waals surface area contributed by atoms with Gasteiger partial charge in [0.1, 0.15) is 5.82 Å². The van der Waals surface area contributed by atoms with Crippen LogP contribution < -0.4 is 0 Å². The number of nitrogens with zero attached hydrogens (tertiary/aromatic N) is 1. The Morgan fingerprint density at radius 3 is 2.38 bits per heavy atom. The SMILES string of the molecule is CC(C)(C)c1cc(C#N)c(C2CC2)cc1F. The lowest BCUT2D eigenvalue weighted by Crippen LogP contribution is -2.14. The molecule has 0 radical (unpaired) electrons. The van der Waals surface area contributed by atoms with E-state index in [-0.39, 0.29) is 11.2 Å². The molecule has 0 bridgehead atoms. The smallest absolute Gasteiger partial charge is 0.127 e. The molecule has 0 aliphatic heterocycles. The first-order valence-electron chi connectivity index (χ1n) is 5.67. The van der Waals surface area contributed by atoms with Gasteiger partial charge in [0.15, 0.2) is 0 Å². The van der Waals surface area contributed by atoms with Crippen LogP contribution in [-0.4, -0.2) is 0 Å². The predicted molar refractivity (Wildman–Crippen MR) is 61.8 cm³/mol. The topological polar surface area (TPSA) is 23.8 Å². The molecule has 0 amide bonds. The first-order chi connectivity index (χ1) is 7.43. The van der Waals surface area contributed by atoms with Gasteiger partial charge in [0.2, 0.25) is 0 Å². The number of halogens is 1. The molecule has 0 spiro atoms. The summed E-state index contributed by atoms with van der Waals surface area (Å²) in [6.07, 6.45) is 2.17. The van der Waals surface area contributed by atoms with Gasteiger partial charge < -0.3 is 0 Å². The lowest BCUT2D eigenvalue weighted by Gasteiger charge is -2.21. The van der Waals surface area contributed by atoms with E-state index < -0.39 is 0 Å². The molecule has 1 fully saturated rings. The summed E-state index contributed by atoms with van der Waals surface area (Å²) in [5, 5.41) is 9.10. The summed E-state index contributed by atoms with van der Waals surface area (Å²) in [7, 11) is 0. The number of nitriles is 1. The Balaban J connectivity index is 2.55. The molecule has 2 rings (SSSR count). The Morgan fingerprint density at radius 2 is 1.94 bits per heavy atom. The van der Waals surface area contributed by atoms with Crippen LogP contribution in [0.5, 0.6) is 0 Å². The summed E-state index contributed by atoms with van der Waals surface area (Å²) in [4.78, 5) is 0. The highest BCUT2D eigenvalue weighted by Gasteiger charge is 2.29. The molecule has 0 unspecified atom stereocenters. The minimum atomic E-state index is -0.252. The third-order valence-electron chi connectivity index (χ3n) is 3.08. The molecule has 0 aromatic heterocycles. The molecule has 1 aliphatic rings. The van der Waals surface area contributed by atoms with Crippen molar-refractivity contribution in [1.82, 2.24) is 0 Å². The standard InChI is InChI=1S/C14H16FN/c1-14(2,3)12-6-10(8-16)11(7-13(12)15)9-4-5-9/h6-7,9H,4-5H2,1-3H3. The van der Waals surface area contributed by atoms with E-state index in [0.29, 0.717) is 17.0 Å². The third-order valence-corrected chi connectivity index (χ3v) is 3.08. The molecule has 1 saturated carbocycles. The van der Waals surface area contributed by atoms with Gasteiger partial charge in [-0.3, -0.25) is 0 Å². The molecule has 1 aromatic rings. The zero-order valence-corrected chi connectivity index (χ0v) is 9.97. The van der Waals surface area contributed by atoms with Gasteiger partial charge in [-0.25, -0.2) is 4.39 Å². The summed E-state index contributed by atoms with van der Waals surface area (Å²) < 4.78 is 13.9. The fraction of sp³-hybridized carbons (Fsp3) is 0.500. The van der Waals surface area contributed by atoms with Gasteiger partial charge in [0.05, 0.1) is 11.6 Å². The van der Waals surface area contributed by atoms with Crippen LogP contribution in [0.4, 0.5) is 4.39 Å². The molecule has 0 N–H and O–H groups in total. The van der Waals surface area contributed by atoms with E-state index in [2.05, 4.69) is 6.07 Å². The summed E-state index contributed by atoms with van der Waals surface area (Å²) >= 11 is 0. The van der Waals surface area contributed by atoms with Gasteiger partial charge in [-0.1, -0.05) is 20.8 Å². The molecule has 2 heteroatoms. The quantitative estimate of drug-likeness (QED) is 0.700. The minimum Gasteiger partial charge on any atom is -0.207 e. The van der Waals surface area contributed by atoms with Crippen LogP contribution in [0.25, 0.3) is 0 Å². The van der Waals surface area contributed by atoms with Crippen LogP contribution in [0.3, 0.4) is 0 Å². The normalized spacial score (nSPS) is 15.9. The first kappa shape index (κ1) is 11.1. The van der Waals surface area contributed by atoms with E-state index in [1.807, 2.05) is 20.8 Å². The molecular formula is C14H16FN. The van der Waals surface area contributed by atoms with Crippen LogP contribution in [0.15, 0.2) is 12.1 Å². The largest absolute Gasteiger partial charge is 0.207 e. The summed E-state index contributed by atoms with van der Waals surface area (Å²) in [5.41, 5.74) is 1.92. The molecular weight excluding hydrogens is 201 g/mol. The predicted octanol–water partition coefficient (Wildman–Crippen LogP) is 3.87. The maximum atomic E-state index is 13.9. The van der Waals surface area contributed by atoms with Crippen LogP contribution in [0, 0.1) is 17.1 Å². The molecule has 84 valence electrons. The van der Waals surface area contributed by atoms with Crippen LogP contribution in [0.2, 0.25) is 0 Å². The molecule has 1 nitrogen and oxygen atoms in total. The maximum Gasteiger partial charge on any atom is 0.127 e. The van der Waals surface area contributed by atoms with Crippen molar-refractivity contribution in [2.24, 2.45) is 0 Å². The number of benzene rings is 1. The Hall–Kier alpha value is -1.36. The average molecular weight is 217 g/mol. The van der Waals surface area contributed by atoms with E-state index in [1.54, 1.807) is 12.1 Å². The Bertz CT molecular complexity index is 459. The first-order valence-corrected chi connectivity index (χ1v) is 5.67. The molecule has 1 aliphatic carbocycles. The van der Waals surface area contributed by atoms with E-state index in [9.17, 15) is 4.39 Å². The molecule has 0 saturated heterocycles. The molecule has 1 aromatic carbocycles. The van der Waals surface area contributed by atoms with Gasteiger partial charge in [-0.05, 0) is 47.4 Å². The fourth-order valence-electron chi connectivity index (χ4n) is 1.99. The number of hydrogen-bond donors (Lipinski definition) is 0. The van der Waals surface area contributed by atoms with Crippen molar-refractivity contribution in [3.05, 3.63) is 34.6 Å². The second-order valence-electron chi connectivity index (χ2n) is 5.56. The van der Waals surface area contributed by atoms with Crippen molar-refractivity contribution in [2.45, 2.75) is 44.9 Å². The van der Waals surface area contributed by atoms with Gasteiger partial charge in [-0.2, -0.15) is 5.26 Å². The lowest BCUT2D eigenvalue weighted by atomic mass is 9.84. The summed E-state index contributed by atoms with van der Waals surface area (Å²) in [5.74, 6) is 0.242. The van der Waals surface area contributed by atoms with Crippen molar-refractivity contribution in [1.29, 1.82) is 5.26 Å². The van der Waals surface area contributed by atoms with E-state index in [1.165, 1.54) is 0 Å². The third kappa shape index (κ3) is 1.95. The van der Waals surface area contributed by atoms with E-state index in [0.717, 1.165) is 18.4 Å². The van der Waals surface area contributed by atoms with Crippen molar-refractivity contribution in [3.8, 4) is 6.07 Å².